The number of hydrogen-bond donors (Lipinski definition) is 4. The van der Waals surface area contributed by atoms with E-state index in [9.17, 15) is 10.2 Å². The number of morpholine rings is 1. The first-order valence-corrected chi connectivity index (χ1v) is 29.4. The standard InChI is InChI=1S/C63H71N15O3/c64-61-57(75-37-47-15-16-48(38-75)77(47)45-19-23-65-43(31-45)9-7-25-72-35-51(36-72)74-27-29-81-30-28-74)33-56(68-70-61)53-12-6-13-54(60(53)80)67-62-58(34-55(69-71-62)52-11-2-3-14-59(52)79)76-39-49-17-18-50(40-76)78(49)46-20-24-66-44(32-46)10-8-26-73-41-63(42-73)21-4-1-5-22-63/h2-3,6,11-14,19-20,23-24,31-34,47-51,79-80H,1,4-5,15-18,21-22,25-30,35-42H2,(H2,64,70)(H,67,71). The number of nitrogen functional groups attached to an aromatic ring is 1. The lowest BCUT2D eigenvalue weighted by atomic mass is 9.69. The van der Waals surface area contributed by atoms with E-state index in [0.717, 1.165) is 138 Å². The zero-order valence-electron chi connectivity index (χ0n) is 46.0. The molecule has 7 aliphatic heterocycles. The molecule has 4 aromatic heterocycles. The van der Waals surface area contributed by atoms with Gasteiger partial charge >= 0.3 is 0 Å². The number of benzene rings is 2. The van der Waals surface area contributed by atoms with Crippen LogP contribution in [0.2, 0.25) is 0 Å². The fourth-order valence-corrected chi connectivity index (χ4v) is 14.6. The number of anilines is 7. The topological polar surface area (TPSA) is 188 Å². The number of phenolic OH excluding ortho intramolecular Hbond substituents is 2. The van der Waals surface area contributed by atoms with Crippen LogP contribution in [0.5, 0.6) is 11.5 Å². The SMILES string of the molecule is Nc1nnc(-c2cccc(Nc3nnc(-c4ccccc4O)cc3N3CC4CCC(C3)N4c3ccnc(C#CCN4CC5(CCCCC5)C4)c3)c2O)cc1N1CC2CCC(C1)N2c1ccnc(C#CCN2CC(N3CCOCC3)C2)c1. The fourth-order valence-electron chi connectivity index (χ4n) is 14.6. The maximum atomic E-state index is 12.2. The number of fused-ring (bicyclic) bond motifs is 4. The third-order valence-electron chi connectivity index (χ3n) is 18.6. The van der Waals surface area contributed by atoms with Crippen LogP contribution in [0.15, 0.2) is 91.3 Å². The second-order valence-electron chi connectivity index (χ2n) is 23.8. The van der Waals surface area contributed by atoms with Crippen molar-refractivity contribution in [1.82, 2.24) is 45.1 Å². The Labute approximate surface area is 474 Å². The Morgan fingerprint density at radius 1 is 0.605 bits per heavy atom. The Morgan fingerprint density at radius 3 is 1.84 bits per heavy atom. The predicted molar refractivity (Wildman–Crippen MR) is 316 cm³/mol. The summed E-state index contributed by atoms with van der Waals surface area (Å²) in [6.45, 7) is 12.7. The van der Waals surface area contributed by atoms with Gasteiger partial charge in [-0.05, 0) is 116 Å². The van der Waals surface area contributed by atoms with Crippen molar-refractivity contribution in [1.29, 1.82) is 0 Å². The molecule has 14 rings (SSSR count). The van der Waals surface area contributed by atoms with Crippen LogP contribution in [0.3, 0.4) is 0 Å². The predicted octanol–water partition coefficient (Wildman–Crippen LogP) is 6.83. The first-order valence-electron chi connectivity index (χ1n) is 29.4. The molecule has 18 nitrogen and oxygen atoms in total. The molecule has 2 aromatic carbocycles. The zero-order valence-corrected chi connectivity index (χ0v) is 46.0. The Morgan fingerprint density at radius 2 is 1.19 bits per heavy atom. The number of piperazine rings is 2. The molecule has 0 amide bonds. The summed E-state index contributed by atoms with van der Waals surface area (Å²) in [7, 11) is 0. The van der Waals surface area contributed by atoms with Crippen molar-refractivity contribution in [3.63, 3.8) is 0 Å². The van der Waals surface area contributed by atoms with Gasteiger partial charge in [0.2, 0.25) is 0 Å². The number of phenols is 2. The number of hydrogen-bond acceptors (Lipinski definition) is 18. The highest BCUT2D eigenvalue weighted by molar-refractivity contribution is 5.84. The van der Waals surface area contributed by atoms with Gasteiger partial charge in [-0.15, -0.1) is 20.4 Å². The summed E-state index contributed by atoms with van der Waals surface area (Å²) in [6.07, 6.45) is 14.8. The van der Waals surface area contributed by atoms with Crippen molar-refractivity contribution in [2.45, 2.75) is 88.0 Å². The third-order valence-corrected chi connectivity index (χ3v) is 18.6. The van der Waals surface area contributed by atoms with Gasteiger partial charge in [-0.2, -0.15) is 0 Å². The van der Waals surface area contributed by atoms with E-state index in [0.29, 0.717) is 51.3 Å². The van der Waals surface area contributed by atoms with Crippen molar-refractivity contribution >= 4 is 40.1 Å². The van der Waals surface area contributed by atoms with Gasteiger partial charge in [0.1, 0.15) is 22.9 Å². The van der Waals surface area contributed by atoms with E-state index in [-0.39, 0.29) is 35.7 Å². The van der Waals surface area contributed by atoms with Crippen LogP contribution in [-0.4, -0.2) is 177 Å². The number of likely N-dealkylation sites (tertiary alicyclic amines) is 2. The summed E-state index contributed by atoms with van der Waals surface area (Å²) < 4.78 is 5.54. The number of nitrogens with one attached hydrogen (secondary N) is 1. The van der Waals surface area contributed by atoms with E-state index >= 15 is 0 Å². The first kappa shape index (κ1) is 51.4. The summed E-state index contributed by atoms with van der Waals surface area (Å²) in [5, 5.41) is 45.1. The number of aromatic nitrogens is 6. The minimum atomic E-state index is 0.00285. The molecule has 1 aliphatic carbocycles. The molecule has 0 radical (unpaired) electrons. The zero-order chi connectivity index (χ0) is 54.4. The highest BCUT2D eigenvalue weighted by atomic mass is 16.5. The molecule has 11 heterocycles. The Balaban J connectivity index is 0.664. The Bertz CT molecular complexity index is 3390. The number of ether oxygens (including phenoxy) is 1. The van der Waals surface area contributed by atoms with Crippen LogP contribution in [0.4, 0.5) is 40.1 Å². The molecule has 416 valence electrons. The molecule has 5 N–H and O–H groups in total. The van der Waals surface area contributed by atoms with Crippen LogP contribution >= 0.6 is 0 Å². The molecule has 4 unspecified atom stereocenters. The second kappa shape index (κ2) is 22.0. The quantitative estimate of drug-likeness (QED) is 0.0781. The van der Waals surface area contributed by atoms with E-state index < -0.39 is 0 Å². The number of pyridine rings is 2. The van der Waals surface area contributed by atoms with Gasteiger partial charge in [-0.1, -0.05) is 49.3 Å². The fraction of sp³-hybridized carbons (Fsp3) is 0.460. The number of aromatic hydroxyl groups is 2. The molecule has 81 heavy (non-hydrogen) atoms. The van der Waals surface area contributed by atoms with Crippen molar-refractivity contribution in [2.75, 3.05) is 122 Å². The Hall–Kier alpha value is -7.74. The molecule has 4 bridgehead atoms. The van der Waals surface area contributed by atoms with E-state index in [1.54, 1.807) is 12.1 Å². The van der Waals surface area contributed by atoms with Gasteiger partial charge in [0.15, 0.2) is 11.6 Å². The smallest absolute Gasteiger partial charge is 0.176 e. The highest BCUT2D eigenvalue weighted by Gasteiger charge is 2.44. The average molecular weight is 1090 g/mol. The van der Waals surface area contributed by atoms with Crippen LogP contribution in [0.1, 0.15) is 69.2 Å². The van der Waals surface area contributed by atoms with Gasteiger partial charge in [-0.25, -0.2) is 9.97 Å². The summed E-state index contributed by atoms with van der Waals surface area (Å²) in [6, 6.07) is 26.8. The van der Waals surface area contributed by atoms with Gasteiger partial charge in [0, 0.05) is 131 Å². The van der Waals surface area contributed by atoms with E-state index in [1.165, 1.54) is 45.2 Å². The molecule has 1 saturated carbocycles. The normalized spacial score (nSPS) is 23.6. The summed E-state index contributed by atoms with van der Waals surface area (Å²) in [5.41, 5.74) is 15.3. The van der Waals surface area contributed by atoms with Crippen molar-refractivity contribution in [3.8, 4) is 57.7 Å². The highest BCUT2D eigenvalue weighted by Crippen LogP contribution is 2.46. The summed E-state index contributed by atoms with van der Waals surface area (Å²) in [4.78, 5) is 26.5. The van der Waals surface area contributed by atoms with E-state index in [1.807, 2.05) is 54.9 Å². The monoisotopic (exact) mass is 1090 g/mol. The minimum absolute atomic E-state index is 0.00285. The number of nitrogens with two attached hydrogens (primary N) is 1. The van der Waals surface area contributed by atoms with Gasteiger partial charge in [0.25, 0.3) is 0 Å². The second-order valence-corrected chi connectivity index (χ2v) is 23.8. The van der Waals surface area contributed by atoms with Crippen LogP contribution in [0, 0.1) is 29.1 Å². The lowest BCUT2D eigenvalue weighted by Crippen LogP contribution is -2.61. The van der Waals surface area contributed by atoms with Crippen LogP contribution in [0.25, 0.3) is 22.5 Å². The molecule has 18 heteroatoms. The van der Waals surface area contributed by atoms with E-state index in [2.05, 4.69) is 113 Å². The summed E-state index contributed by atoms with van der Waals surface area (Å²) >= 11 is 0. The molecule has 8 aliphatic rings. The number of nitrogens with zero attached hydrogens (tertiary/aromatic N) is 13. The summed E-state index contributed by atoms with van der Waals surface area (Å²) in [5.74, 6) is 14.5. The maximum absolute atomic E-state index is 12.2. The largest absolute Gasteiger partial charge is 0.507 e. The minimum Gasteiger partial charge on any atom is -0.507 e. The average Bonchev–Trinajstić information content (AvgIpc) is 3.98. The molecular weight excluding hydrogens is 1010 g/mol. The first-order chi connectivity index (χ1) is 39.8. The lowest BCUT2D eigenvalue weighted by Gasteiger charge is -2.52. The lowest BCUT2D eigenvalue weighted by molar-refractivity contribution is -0.0281. The Kier molecular flexibility index (Phi) is 13.9. The number of rotatable bonds is 11. The van der Waals surface area contributed by atoms with E-state index in [4.69, 9.17) is 15.6 Å². The molecule has 4 atom stereocenters. The molecule has 6 aromatic rings. The van der Waals surface area contributed by atoms with Gasteiger partial charge < -0.3 is 45.6 Å². The number of para-hydroxylation sites is 2. The third kappa shape index (κ3) is 10.4. The molecular formula is C63H71N15O3. The molecule has 1 spiro atoms. The van der Waals surface area contributed by atoms with Crippen LogP contribution in [-0.2, 0) is 4.74 Å². The van der Waals surface area contributed by atoms with Crippen molar-refractivity contribution < 1.29 is 14.9 Å². The van der Waals surface area contributed by atoms with Gasteiger partial charge in [-0.3, -0.25) is 14.7 Å². The molecule has 8 fully saturated rings. The maximum Gasteiger partial charge on any atom is 0.176 e. The van der Waals surface area contributed by atoms with Crippen molar-refractivity contribution in [2.24, 2.45) is 5.41 Å². The van der Waals surface area contributed by atoms with Gasteiger partial charge in [0.05, 0.1) is 54.8 Å². The van der Waals surface area contributed by atoms with Crippen LogP contribution < -0.4 is 30.7 Å². The molecule has 7 saturated heterocycles. The van der Waals surface area contributed by atoms with Crippen molar-refractivity contribution in [3.05, 3.63) is 103 Å².